The van der Waals surface area contributed by atoms with E-state index in [4.69, 9.17) is 0 Å². The van der Waals surface area contributed by atoms with Gasteiger partial charge < -0.3 is 9.88 Å². The summed E-state index contributed by atoms with van der Waals surface area (Å²) in [5.74, 6) is 0.659. The predicted octanol–water partition coefficient (Wildman–Crippen LogP) is 5.11. The molecule has 0 spiro atoms. The lowest BCUT2D eigenvalue weighted by atomic mass is 10.1. The number of halogens is 2. The molecule has 0 aliphatic carbocycles. The average Bonchev–Trinajstić information content (AvgIpc) is 3.00. The third kappa shape index (κ3) is 4.57. The number of benzene rings is 2. The van der Waals surface area contributed by atoms with Gasteiger partial charge in [0.05, 0.1) is 0 Å². The van der Waals surface area contributed by atoms with E-state index in [1.807, 2.05) is 12.1 Å². The lowest BCUT2D eigenvalue weighted by molar-refractivity contribution is 0.148. The lowest BCUT2D eigenvalue weighted by Gasteiger charge is -2.32. The number of H-pyrrole nitrogens is 1. The summed E-state index contributed by atoms with van der Waals surface area (Å²) in [5.41, 5.74) is 3.82. The van der Waals surface area contributed by atoms with Gasteiger partial charge in [-0.2, -0.15) is 0 Å². The van der Waals surface area contributed by atoms with Gasteiger partial charge in [0.2, 0.25) is 0 Å². The Morgan fingerprint density at radius 1 is 1.07 bits per heavy atom. The molecule has 4 rings (SSSR count). The molecule has 1 aliphatic rings. The topological polar surface area (TPSA) is 22.3 Å². The number of fused-ring (bicyclic) bond motifs is 1. The second kappa shape index (κ2) is 8.35. The summed E-state index contributed by atoms with van der Waals surface area (Å²) in [6.45, 7) is 5.39. The van der Waals surface area contributed by atoms with Crippen LogP contribution in [0.5, 0.6) is 0 Å². The minimum Gasteiger partial charge on any atom is -0.357 e. The van der Waals surface area contributed by atoms with Gasteiger partial charge in [0.15, 0.2) is 0 Å². The minimum atomic E-state index is -0.189. The predicted molar refractivity (Wildman–Crippen MR) is 115 cm³/mol. The van der Waals surface area contributed by atoms with Crippen LogP contribution >= 0.6 is 27.7 Å². The van der Waals surface area contributed by atoms with Crippen LogP contribution in [-0.2, 0) is 12.3 Å². The van der Waals surface area contributed by atoms with Gasteiger partial charge in [0.25, 0.3) is 0 Å². The second-order valence-corrected chi connectivity index (χ2v) is 9.06. The number of nitrogens with one attached hydrogen (secondary N) is 1. The highest BCUT2D eigenvalue weighted by Gasteiger charge is 2.19. The van der Waals surface area contributed by atoms with Gasteiger partial charge in [-0.15, -0.1) is 11.8 Å². The first-order chi connectivity index (χ1) is 13.1. The van der Waals surface area contributed by atoms with Crippen molar-refractivity contribution in [3.8, 4) is 0 Å². The van der Waals surface area contributed by atoms with Crippen LogP contribution in [0.1, 0.15) is 11.3 Å². The van der Waals surface area contributed by atoms with E-state index in [9.17, 15) is 4.39 Å². The highest BCUT2D eigenvalue weighted by molar-refractivity contribution is 9.10. The molecule has 3 aromatic rings. The molecule has 0 amide bonds. The molecule has 2 heterocycles. The van der Waals surface area contributed by atoms with Crippen LogP contribution in [0.2, 0.25) is 0 Å². The van der Waals surface area contributed by atoms with E-state index >= 15 is 0 Å². The molecule has 142 valence electrons. The Labute approximate surface area is 172 Å². The highest BCUT2D eigenvalue weighted by atomic mass is 79.9. The van der Waals surface area contributed by atoms with Crippen molar-refractivity contribution in [2.24, 2.45) is 0 Å². The molecule has 1 aliphatic heterocycles. The maximum atomic E-state index is 13.2. The number of thioether (sulfide) groups is 1. The average molecular weight is 448 g/mol. The fraction of sp³-hybridized carbons (Fsp3) is 0.333. The van der Waals surface area contributed by atoms with Crippen LogP contribution < -0.4 is 0 Å². The van der Waals surface area contributed by atoms with Gasteiger partial charge in [-0.05, 0) is 55.1 Å². The Morgan fingerprint density at radius 2 is 1.81 bits per heavy atom. The first-order valence-corrected chi connectivity index (χ1v) is 10.9. The number of aromatic amines is 1. The second-order valence-electron chi connectivity index (χ2n) is 7.09. The Balaban J connectivity index is 1.59. The molecule has 6 heteroatoms. The van der Waals surface area contributed by atoms with Crippen molar-refractivity contribution in [3.05, 3.63) is 64.0 Å². The molecule has 0 bridgehead atoms. The first kappa shape index (κ1) is 19.0. The molecule has 27 heavy (non-hydrogen) atoms. The zero-order valence-electron chi connectivity index (χ0n) is 15.3. The zero-order valence-corrected chi connectivity index (χ0v) is 17.7. The third-order valence-electron chi connectivity index (χ3n) is 5.13. The van der Waals surface area contributed by atoms with E-state index in [-0.39, 0.29) is 5.82 Å². The Morgan fingerprint density at radius 3 is 2.56 bits per heavy atom. The number of rotatable bonds is 5. The quantitative estimate of drug-likeness (QED) is 0.549. The molecule has 1 fully saturated rings. The molecule has 0 saturated carbocycles. The smallest absolute Gasteiger partial charge is 0.123 e. The Bertz CT molecular complexity index is 917. The molecular formula is C21H23BrFN3S. The summed E-state index contributed by atoms with van der Waals surface area (Å²) in [7, 11) is 2.19. The summed E-state index contributed by atoms with van der Waals surface area (Å²) >= 11 is 5.36. The third-order valence-corrected chi connectivity index (χ3v) is 6.66. The number of hydrogen-bond acceptors (Lipinski definition) is 3. The van der Waals surface area contributed by atoms with Gasteiger partial charge in [0.1, 0.15) is 5.82 Å². The van der Waals surface area contributed by atoms with Crippen LogP contribution in [0.25, 0.3) is 10.9 Å². The number of aromatic nitrogens is 1. The molecule has 0 atom stereocenters. The summed E-state index contributed by atoms with van der Waals surface area (Å²) in [6.07, 6.45) is 0. The largest absolute Gasteiger partial charge is 0.357 e. The van der Waals surface area contributed by atoms with E-state index in [2.05, 4.69) is 56.0 Å². The maximum absolute atomic E-state index is 13.2. The van der Waals surface area contributed by atoms with E-state index in [0.29, 0.717) is 0 Å². The molecule has 0 unspecified atom stereocenters. The van der Waals surface area contributed by atoms with E-state index in [1.165, 1.54) is 34.3 Å². The van der Waals surface area contributed by atoms with Gasteiger partial charge in [-0.1, -0.05) is 15.9 Å². The van der Waals surface area contributed by atoms with E-state index in [0.717, 1.165) is 47.8 Å². The van der Waals surface area contributed by atoms with Gasteiger partial charge >= 0.3 is 0 Å². The van der Waals surface area contributed by atoms with Gasteiger partial charge in [0, 0.05) is 64.4 Å². The van der Waals surface area contributed by atoms with Crippen molar-refractivity contribution < 1.29 is 4.39 Å². The van der Waals surface area contributed by atoms with Crippen molar-refractivity contribution >= 4 is 38.6 Å². The summed E-state index contributed by atoms with van der Waals surface area (Å²) in [6, 6.07) is 13.2. The molecule has 1 aromatic heterocycles. The van der Waals surface area contributed by atoms with E-state index < -0.39 is 0 Å². The molecule has 3 nitrogen and oxygen atoms in total. The number of nitrogens with zero attached hydrogens (tertiary/aromatic N) is 2. The standard InChI is InChI=1S/C21H23BrFN3S/c1-25-8-10-26(11-9-25)13-19-18-12-15(22)2-7-20(18)24-21(19)14-27-17-5-3-16(23)4-6-17/h2-7,12,24H,8-11,13-14H2,1H3. The summed E-state index contributed by atoms with van der Waals surface area (Å²) in [4.78, 5) is 9.62. The Kier molecular flexibility index (Phi) is 5.88. The molecule has 1 saturated heterocycles. The molecular weight excluding hydrogens is 425 g/mol. The van der Waals surface area contributed by atoms with Gasteiger partial charge in [-0.3, -0.25) is 4.90 Å². The minimum absolute atomic E-state index is 0.189. The zero-order chi connectivity index (χ0) is 18.8. The highest BCUT2D eigenvalue weighted by Crippen LogP contribution is 2.31. The monoisotopic (exact) mass is 447 g/mol. The summed E-state index contributed by atoms with van der Waals surface area (Å²) in [5, 5.41) is 1.29. The van der Waals surface area contributed by atoms with Crippen LogP contribution in [0.3, 0.4) is 0 Å². The van der Waals surface area contributed by atoms with Crippen LogP contribution in [0.4, 0.5) is 4.39 Å². The van der Waals surface area contributed by atoms with Crippen molar-refractivity contribution in [2.45, 2.75) is 17.2 Å². The maximum Gasteiger partial charge on any atom is 0.123 e. The number of piperazine rings is 1. The number of hydrogen-bond donors (Lipinski definition) is 1. The molecule has 2 aromatic carbocycles. The van der Waals surface area contributed by atoms with Gasteiger partial charge in [-0.25, -0.2) is 4.39 Å². The van der Waals surface area contributed by atoms with Crippen molar-refractivity contribution in [2.75, 3.05) is 33.2 Å². The van der Waals surface area contributed by atoms with Crippen molar-refractivity contribution in [1.82, 2.24) is 14.8 Å². The normalized spacial score (nSPS) is 16.3. The number of likely N-dealkylation sites (N-methyl/N-ethyl adjacent to an activating group) is 1. The van der Waals surface area contributed by atoms with Crippen LogP contribution in [0.15, 0.2) is 51.8 Å². The van der Waals surface area contributed by atoms with Crippen LogP contribution in [0, 0.1) is 5.82 Å². The Hall–Kier alpha value is -1.34. The van der Waals surface area contributed by atoms with Crippen molar-refractivity contribution in [1.29, 1.82) is 0 Å². The lowest BCUT2D eigenvalue weighted by Crippen LogP contribution is -2.43. The first-order valence-electron chi connectivity index (χ1n) is 9.17. The summed E-state index contributed by atoms with van der Waals surface area (Å²) < 4.78 is 14.3. The molecule has 0 radical (unpaired) electrons. The van der Waals surface area contributed by atoms with Crippen molar-refractivity contribution in [3.63, 3.8) is 0 Å². The fourth-order valence-electron chi connectivity index (χ4n) is 3.50. The molecule has 1 N–H and O–H groups in total. The van der Waals surface area contributed by atoms with E-state index in [1.54, 1.807) is 11.8 Å². The van der Waals surface area contributed by atoms with Crippen LogP contribution in [-0.4, -0.2) is 48.0 Å². The SMILES string of the molecule is CN1CCN(Cc2c(CSc3ccc(F)cc3)[nH]c3ccc(Br)cc23)CC1. The fourth-order valence-corrected chi connectivity index (χ4v) is 4.74.